The molecular formula is C9H11N5. The normalized spacial score (nSPS) is 10.4. The van der Waals surface area contributed by atoms with Gasteiger partial charge in [-0.15, -0.1) is 0 Å². The van der Waals surface area contributed by atoms with Crippen LogP contribution in [0.2, 0.25) is 0 Å². The fourth-order valence-corrected chi connectivity index (χ4v) is 1.40. The van der Waals surface area contributed by atoms with Crippen LogP contribution in [0.25, 0.3) is 10.9 Å². The Balaban J connectivity index is 2.73. The van der Waals surface area contributed by atoms with E-state index >= 15 is 0 Å². The SMILES string of the molecule is Cn1nc(N=C(N)N)c2ccccc21. The third-order valence-electron chi connectivity index (χ3n) is 1.97. The van der Waals surface area contributed by atoms with Crippen molar-refractivity contribution in [2.75, 3.05) is 0 Å². The minimum Gasteiger partial charge on any atom is -0.370 e. The molecule has 5 heteroatoms. The van der Waals surface area contributed by atoms with Gasteiger partial charge in [0.25, 0.3) is 0 Å². The minimum absolute atomic E-state index is 0.0221. The maximum absolute atomic E-state index is 5.30. The van der Waals surface area contributed by atoms with Crippen molar-refractivity contribution in [3.05, 3.63) is 24.3 Å². The molecule has 0 saturated carbocycles. The molecular weight excluding hydrogens is 178 g/mol. The van der Waals surface area contributed by atoms with Crippen molar-refractivity contribution < 1.29 is 0 Å². The molecule has 0 aliphatic rings. The summed E-state index contributed by atoms with van der Waals surface area (Å²) in [7, 11) is 1.86. The second-order valence-corrected chi connectivity index (χ2v) is 3.00. The zero-order chi connectivity index (χ0) is 10.1. The Morgan fingerprint density at radius 2 is 2.07 bits per heavy atom. The number of fused-ring (bicyclic) bond motifs is 1. The molecule has 0 aliphatic carbocycles. The molecule has 4 N–H and O–H groups in total. The number of aryl methyl sites for hydroxylation is 1. The molecule has 72 valence electrons. The van der Waals surface area contributed by atoms with Gasteiger partial charge in [-0.05, 0) is 12.1 Å². The zero-order valence-electron chi connectivity index (χ0n) is 7.81. The molecule has 5 nitrogen and oxygen atoms in total. The van der Waals surface area contributed by atoms with E-state index in [1.54, 1.807) is 4.68 Å². The molecule has 14 heavy (non-hydrogen) atoms. The topological polar surface area (TPSA) is 82.2 Å². The smallest absolute Gasteiger partial charge is 0.192 e. The lowest BCUT2D eigenvalue weighted by molar-refractivity contribution is 0.798. The van der Waals surface area contributed by atoms with Gasteiger partial charge < -0.3 is 11.5 Å². The van der Waals surface area contributed by atoms with E-state index < -0.39 is 0 Å². The first-order valence-electron chi connectivity index (χ1n) is 4.20. The van der Waals surface area contributed by atoms with Crippen molar-refractivity contribution in [3.63, 3.8) is 0 Å². The van der Waals surface area contributed by atoms with Crippen LogP contribution in [0.5, 0.6) is 0 Å². The number of benzene rings is 1. The van der Waals surface area contributed by atoms with Crippen LogP contribution in [-0.2, 0) is 7.05 Å². The van der Waals surface area contributed by atoms with Gasteiger partial charge >= 0.3 is 0 Å². The highest BCUT2D eigenvalue weighted by atomic mass is 15.3. The van der Waals surface area contributed by atoms with E-state index in [1.807, 2.05) is 31.3 Å². The van der Waals surface area contributed by atoms with Crippen LogP contribution in [0.3, 0.4) is 0 Å². The third-order valence-corrected chi connectivity index (χ3v) is 1.97. The van der Waals surface area contributed by atoms with E-state index in [1.165, 1.54) is 0 Å². The lowest BCUT2D eigenvalue weighted by atomic mass is 10.2. The number of hydrogen-bond acceptors (Lipinski definition) is 2. The molecule has 0 fully saturated rings. The van der Waals surface area contributed by atoms with Crippen LogP contribution in [0, 0.1) is 0 Å². The second kappa shape index (κ2) is 3.02. The summed E-state index contributed by atoms with van der Waals surface area (Å²) in [6.45, 7) is 0. The first-order chi connectivity index (χ1) is 6.68. The Bertz CT molecular complexity index is 493. The number of aliphatic imine (C=N–C) groups is 1. The van der Waals surface area contributed by atoms with E-state index in [4.69, 9.17) is 11.5 Å². The van der Waals surface area contributed by atoms with E-state index in [0.717, 1.165) is 10.9 Å². The summed E-state index contributed by atoms with van der Waals surface area (Å²) in [5, 5.41) is 5.15. The van der Waals surface area contributed by atoms with Gasteiger partial charge in [-0.1, -0.05) is 12.1 Å². The number of hydrogen-bond donors (Lipinski definition) is 2. The predicted molar refractivity (Wildman–Crippen MR) is 56.2 cm³/mol. The number of aromatic nitrogens is 2. The average Bonchev–Trinajstić information content (AvgIpc) is 2.44. The van der Waals surface area contributed by atoms with Gasteiger partial charge in [0.15, 0.2) is 11.8 Å². The van der Waals surface area contributed by atoms with E-state index in [2.05, 4.69) is 10.1 Å². The van der Waals surface area contributed by atoms with Crippen molar-refractivity contribution in [2.45, 2.75) is 0 Å². The van der Waals surface area contributed by atoms with Gasteiger partial charge in [-0.25, -0.2) is 0 Å². The lowest BCUT2D eigenvalue weighted by Crippen LogP contribution is -2.21. The van der Waals surface area contributed by atoms with Crippen molar-refractivity contribution in [1.82, 2.24) is 9.78 Å². The largest absolute Gasteiger partial charge is 0.370 e. The van der Waals surface area contributed by atoms with Crippen LogP contribution < -0.4 is 11.5 Å². The summed E-state index contributed by atoms with van der Waals surface area (Å²) >= 11 is 0. The fraction of sp³-hybridized carbons (Fsp3) is 0.111. The summed E-state index contributed by atoms with van der Waals surface area (Å²) in [4.78, 5) is 3.95. The first kappa shape index (κ1) is 8.55. The van der Waals surface area contributed by atoms with Gasteiger partial charge in [-0.2, -0.15) is 10.1 Å². The molecule has 0 unspecified atom stereocenters. The van der Waals surface area contributed by atoms with Crippen LogP contribution in [0.15, 0.2) is 29.3 Å². The third kappa shape index (κ3) is 1.28. The predicted octanol–water partition coefficient (Wildman–Crippen LogP) is 0.478. The zero-order valence-corrected chi connectivity index (χ0v) is 7.81. The van der Waals surface area contributed by atoms with E-state index in [0.29, 0.717) is 5.82 Å². The number of para-hydroxylation sites is 1. The maximum atomic E-state index is 5.30. The van der Waals surface area contributed by atoms with Crippen molar-refractivity contribution in [3.8, 4) is 0 Å². The van der Waals surface area contributed by atoms with Crippen LogP contribution >= 0.6 is 0 Å². The van der Waals surface area contributed by atoms with Crippen LogP contribution in [0.1, 0.15) is 0 Å². The Kier molecular flexibility index (Phi) is 1.85. The maximum Gasteiger partial charge on any atom is 0.192 e. The molecule has 2 aromatic rings. The molecule has 0 atom stereocenters. The van der Waals surface area contributed by atoms with Crippen molar-refractivity contribution in [1.29, 1.82) is 0 Å². The molecule has 0 amide bonds. The van der Waals surface area contributed by atoms with Gasteiger partial charge in [0.1, 0.15) is 0 Å². The standard InChI is InChI=1S/C9H11N5/c1-14-7-5-3-2-4-6(7)8(13-14)12-9(10)11/h2-5H,1H3,(H4,10,11,12,13). The number of nitrogens with two attached hydrogens (primary N) is 2. The molecule has 0 spiro atoms. The van der Waals surface area contributed by atoms with Crippen molar-refractivity contribution >= 4 is 22.7 Å². The summed E-state index contributed by atoms with van der Waals surface area (Å²) in [5.74, 6) is 0.581. The highest BCUT2D eigenvalue weighted by Gasteiger charge is 2.05. The quantitative estimate of drug-likeness (QED) is 0.505. The number of nitrogens with zero attached hydrogens (tertiary/aromatic N) is 3. The number of rotatable bonds is 1. The average molecular weight is 189 g/mol. The highest BCUT2D eigenvalue weighted by Crippen LogP contribution is 2.23. The summed E-state index contributed by atoms with van der Waals surface area (Å²) in [6.07, 6.45) is 0. The second-order valence-electron chi connectivity index (χ2n) is 3.00. The molecule has 0 aliphatic heterocycles. The summed E-state index contributed by atoms with van der Waals surface area (Å²) < 4.78 is 1.75. The lowest BCUT2D eigenvalue weighted by Gasteiger charge is -1.90. The molecule has 1 heterocycles. The molecule has 1 aromatic carbocycles. The monoisotopic (exact) mass is 189 g/mol. The molecule has 0 saturated heterocycles. The van der Waals surface area contributed by atoms with Gasteiger partial charge in [0.05, 0.1) is 5.52 Å². The number of guanidine groups is 1. The van der Waals surface area contributed by atoms with Crippen LogP contribution in [0.4, 0.5) is 5.82 Å². The van der Waals surface area contributed by atoms with Gasteiger partial charge in [0, 0.05) is 12.4 Å². The van der Waals surface area contributed by atoms with Gasteiger partial charge in [0.2, 0.25) is 0 Å². The molecule has 0 bridgehead atoms. The Morgan fingerprint density at radius 3 is 2.79 bits per heavy atom. The summed E-state index contributed by atoms with van der Waals surface area (Å²) in [6, 6.07) is 7.78. The minimum atomic E-state index is 0.0221. The molecule has 2 rings (SSSR count). The van der Waals surface area contributed by atoms with E-state index in [9.17, 15) is 0 Å². The Labute approximate surface area is 81.0 Å². The molecule has 0 radical (unpaired) electrons. The van der Waals surface area contributed by atoms with E-state index in [-0.39, 0.29) is 5.96 Å². The Morgan fingerprint density at radius 1 is 1.36 bits per heavy atom. The van der Waals surface area contributed by atoms with Gasteiger partial charge in [-0.3, -0.25) is 4.68 Å². The summed E-state index contributed by atoms with van der Waals surface area (Å²) in [5.41, 5.74) is 11.6. The van der Waals surface area contributed by atoms with Crippen LogP contribution in [-0.4, -0.2) is 15.7 Å². The highest BCUT2D eigenvalue weighted by molar-refractivity contribution is 5.91. The first-order valence-corrected chi connectivity index (χ1v) is 4.20. The van der Waals surface area contributed by atoms with Crippen molar-refractivity contribution in [2.24, 2.45) is 23.5 Å². The fourth-order valence-electron chi connectivity index (χ4n) is 1.40. The molecule has 1 aromatic heterocycles. The Hall–Kier alpha value is -2.04.